The first kappa shape index (κ1) is 14.3. The minimum atomic E-state index is -1.06. The van der Waals surface area contributed by atoms with Crippen molar-refractivity contribution in [1.82, 2.24) is 4.90 Å². The number of hydrogen-bond donors (Lipinski definition) is 1. The fourth-order valence-corrected chi connectivity index (χ4v) is 1.79. The molecule has 1 unspecified atom stereocenters. The highest BCUT2D eigenvalue weighted by Crippen LogP contribution is 2.25. The van der Waals surface area contributed by atoms with Crippen LogP contribution < -0.4 is 0 Å². The molecule has 0 saturated heterocycles. The number of aliphatic carboxylic acids is 1. The van der Waals surface area contributed by atoms with E-state index < -0.39 is 23.6 Å². The van der Waals surface area contributed by atoms with Gasteiger partial charge >= 0.3 is 5.97 Å². The minimum absolute atomic E-state index is 0.124. The first-order valence-electron chi connectivity index (χ1n) is 5.48. The number of benzene rings is 1. The molecular formula is C13H15F2NO2. The smallest absolute Gasteiger partial charge is 0.317 e. The predicted molar refractivity (Wildman–Crippen MR) is 64.2 cm³/mol. The second-order valence-corrected chi connectivity index (χ2v) is 3.92. The summed E-state index contributed by atoms with van der Waals surface area (Å²) in [4.78, 5) is 12.2. The molecule has 0 aliphatic rings. The number of rotatable bonds is 6. The monoisotopic (exact) mass is 255 g/mol. The molecule has 0 bridgehead atoms. The fraction of sp³-hybridized carbons (Fsp3) is 0.308. The quantitative estimate of drug-likeness (QED) is 0.794. The van der Waals surface area contributed by atoms with E-state index in [1.807, 2.05) is 0 Å². The molecule has 5 heteroatoms. The SMILES string of the molecule is C=CCN(CC(=O)O)C(C)c1c(F)cccc1F. The van der Waals surface area contributed by atoms with E-state index in [0.29, 0.717) is 0 Å². The second kappa shape index (κ2) is 6.26. The lowest BCUT2D eigenvalue weighted by atomic mass is 10.1. The van der Waals surface area contributed by atoms with Crippen molar-refractivity contribution >= 4 is 5.97 Å². The molecule has 0 spiro atoms. The van der Waals surface area contributed by atoms with Crippen LogP contribution in [0.5, 0.6) is 0 Å². The van der Waals surface area contributed by atoms with Gasteiger partial charge in [-0.25, -0.2) is 8.78 Å². The molecule has 0 aromatic heterocycles. The third-order valence-electron chi connectivity index (χ3n) is 2.67. The van der Waals surface area contributed by atoms with Gasteiger partial charge in [0.2, 0.25) is 0 Å². The fourth-order valence-electron chi connectivity index (χ4n) is 1.79. The van der Waals surface area contributed by atoms with Crippen LogP contribution in [0.4, 0.5) is 8.78 Å². The molecule has 98 valence electrons. The molecule has 1 rings (SSSR count). The molecule has 0 fully saturated rings. The van der Waals surface area contributed by atoms with Crippen LogP contribution in [0.1, 0.15) is 18.5 Å². The summed E-state index contributed by atoms with van der Waals surface area (Å²) in [6.07, 6.45) is 1.50. The lowest BCUT2D eigenvalue weighted by molar-refractivity contribution is -0.138. The van der Waals surface area contributed by atoms with Gasteiger partial charge in [0.05, 0.1) is 6.54 Å². The van der Waals surface area contributed by atoms with Crippen molar-refractivity contribution in [2.24, 2.45) is 0 Å². The largest absolute Gasteiger partial charge is 0.480 e. The van der Waals surface area contributed by atoms with Gasteiger partial charge in [0.15, 0.2) is 0 Å². The molecule has 0 amide bonds. The number of carboxylic acids is 1. The highest BCUT2D eigenvalue weighted by Gasteiger charge is 2.23. The van der Waals surface area contributed by atoms with Crippen molar-refractivity contribution < 1.29 is 18.7 Å². The van der Waals surface area contributed by atoms with Crippen LogP contribution in [0.2, 0.25) is 0 Å². The number of carboxylic acid groups (broad SMARTS) is 1. The summed E-state index contributed by atoms with van der Waals surface area (Å²) < 4.78 is 27.2. The number of halogens is 2. The van der Waals surface area contributed by atoms with Gasteiger partial charge < -0.3 is 5.11 Å². The Labute approximate surface area is 104 Å². The van der Waals surface area contributed by atoms with Crippen molar-refractivity contribution in [2.45, 2.75) is 13.0 Å². The van der Waals surface area contributed by atoms with Gasteiger partial charge in [-0.05, 0) is 19.1 Å². The number of carbonyl (C=O) groups is 1. The Morgan fingerprint density at radius 2 is 2.06 bits per heavy atom. The molecular weight excluding hydrogens is 240 g/mol. The Hall–Kier alpha value is -1.75. The molecule has 0 radical (unpaired) electrons. The number of hydrogen-bond acceptors (Lipinski definition) is 2. The molecule has 0 heterocycles. The first-order valence-corrected chi connectivity index (χ1v) is 5.48. The Morgan fingerprint density at radius 3 is 2.50 bits per heavy atom. The first-order chi connectivity index (χ1) is 8.47. The molecule has 1 N–H and O–H groups in total. The van der Waals surface area contributed by atoms with Crippen LogP contribution in [0.15, 0.2) is 30.9 Å². The third kappa shape index (κ3) is 3.37. The van der Waals surface area contributed by atoms with E-state index in [2.05, 4.69) is 6.58 Å². The zero-order valence-electron chi connectivity index (χ0n) is 10.1. The lowest BCUT2D eigenvalue weighted by Crippen LogP contribution is -2.33. The molecule has 1 aromatic carbocycles. The molecule has 0 saturated carbocycles. The van der Waals surface area contributed by atoms with Crippen LogP contribution in [0.25, 0.3) is 0 Å². The van der Waals surface area contributed by atoms with Gasteiger partial charge in [-0.2, -0.15) is 0 Å². The topological polar surface area (TPSA) is 40.5 Å². The van der Waals surface area contributed by atoms with Crippen molar-refractivity contribution in [2.75, 3.05) is 13.1 Å². The average molecular weight is 255 g/mol. The van der Waals surface area contributed by atoms with Gasteiger partial charge in [-0.15, -0.1) is 6.58 Å². The molecule has 3 nitrogen and oxygen atoms in total. The average Bonchev–Trinajstić information content (AvgIpc) is 2.27. The normalized spacial score (nSPS) is 12.4. The second-order valence-electron chi connectivity index (χ2n) is 3.92. The summed E-state index contributed by atoms with van der Waals surface area (Å²) in [6, 6.07) is 2.90. The van der Waals surface area contributed by atoms with Gasteiger partial charge in [-0.1, -0.05) is 12.1 Å². The van der Waals surface area contributed by atoms with E-state index in [-0.39, 0.29) is 18.7 Å². The summed E-state index contributed by atoms with van der Waals surface area (Å²) >= 11 is 0. The maximum absolute atomic E-state index is 13.6. The van der Waals surface area contributed by atoms with Crippen molar-refractivity contribution in [1.29, 1.82) is 0 Å². The molecule has 0 aliphatic heterocycles. The summed E-state index contributed by atoms with van der Waals surface area (Å²) in [6.45, 7) is 5.00. The van der Waals surface area contributed by atoms with Crippen LogP contribution in [-0.2, 0) is 4.79 Å². The highest BCUT2D eigenvalue weighted by atomic mass is 19.1. The Bertz CT molecular complexity index is 428. The van der Waals surface area contributed by atoms with Gasteiger partial charge in [-0.3, -0.25) is 9.69 Å². The van der Waals surface area contributed by atoms with E-state index in [4.69, 9.17) is 5.11 Å². The molecule has 1 atom stereocenters. The standard InChI is InChI=1S/C13H15F2NO2/c1-3-7-16(8-12(17)18)9(2)13-10(14)5-4-6-11(13)15/h3-6,9H,1,7-8H2,2H3,(H,17,18). The Balaban J connectivity index is 3.04. The summed E-state index contributed by atoms with van der Waals surface area (Å²) in [5, 5.41) is 8.78. The van der Waals surface area contributed by atoms with Gasteiger partial charge in [0.1, 0.15) is 11.6 Å². The zero-order chi connectivity index (χ0) is 13.7. The zero-order valence-corrected chi connectivity index (χ0v) is 10.1. The maximum Gasteiger partial charge on any atom is 0.317 e. The van der Waals surface area contributed by atoms with Crippen molar-refractivity contribution in [3.63, 3.8) is 0 Å². The summed E-state index contributed by atoms with van der Waals surface area (Å²) in [7, 11) is 0. The number of nitrogens with zero attached hydrogens (tertiary/aromatic N) is 1. The Kier molecular flexibility index (Phi) is 4.97. The highest BCUT2D eigenvalue weighted by molar-refractivity contribution is 5.69. The van der Waals surface area contributed by atoms with Crippen LogP contribution >= 0.6 is 0 Å². The minimum Gasteiger partial charge on any atom is -0.480 e. The van der Waals surface area contributed by atoms with E-state index in [1.165, 1.54) is 17.0 Å². The Morgan fingerprint density at radius 1 is 1.50 bits per heavy atom. The van der Waals surface area contributed by atoms with Gasteiger partial charge in [0.25, 0.3) is 0 Å². The van der Waals surface area contributed by atoms with E-state index >= 15 is 0 Å². The summed E-state index contributed by atoms with van der Waals surface area (Å²) in [5.41, 5.74) is -0.124. The molecule has 18 heavy (non-hydrogen) atoms. The molecule has 0 aliphatic carbocycles. The maximum atomic E-state index is 13.6. The van der Waals surface area contributed by atoms with Crippen molar-refractivity contribution in [3.05, 3.63) is 48.1 Å². The third-order valence-corrected chi connectivity index (χ3v) is 2.67. The van der Waals surface area contributed by atoms with Crippen LogP contribution in [-0.4, -0.2) is 29.1 Å². The van der Waals surface area contributed by atoms with Gasteiger partial charge in [0, 0.05) is 18.2 Å². The van der Waals surface area contributed by atoms with Crippen LogP contribution in [0.3, 0.4) is 0 Å². The van der Waals surface area contributed by atoms with Crippen molar-refractivity contribution in [3.8, 4) is 0 Å². The van der Waals surface area contributed by atoms with E-state index in [9.17, 15) is 13.6 Å². The predicted octanol–water partition coefficient (Wildman–Crippen LogP) is 2.60. The lowest BCUT2D eigenvalue weighted by Gasteiger charge is -2.27. The molecule has 1 aromatic rings. The van der Waals surface area contributed by atoms with E-state index in [0.717, 1.165) is 12.1 Å². The summed E-state index contributed by atoms with van der Waals surface area (Å²) in [5.74, 6) is -2.41. The van der Waals surface area contributed by atoms with E-state index in [1.54, 1.807) is 6.92 Å². The van der Waals surface area contributed by atoms with Crippen LogP contribution in [0, 0.1) is 11.6 Å².